The Hall–Kier alpha value is -2.26. The number of aliphatic hydroxyl groups is 1. The van der Waals surface area contributed by atoms with Gasteiger partial charge in [0.15, 0.2) is 0 Å². The number of hydrogen-bond donors (Lipinski definition) is 2. The minimum Gasteiger partial charge on any atom is -0.444 e. The number of carbonyl (C=O) groups is 2. The van der Waals surface area contributed by atoms with E-state index in [1.165, 1.54) is 20.8 Å². The molecule has 0 aliphatic rings. The van der Waals surface area contributed by atoms with Crippen molar-refractivity contribution in [2.45, 2.75) is 71.3 Å². The Bertz CT molecular complexity index is 692. The van der Waals surface area contributed by atoms with Gasteiger partial charge in [-0.25, -0.2) is 23.3 Å². The number of nitrogens with zero attached hydrogens (tertiary/aromatic N) is 1. The molecule has 7 nitrogen and oxygen atoms in total. The molecule has 2 amide bonds. The minimum absolute atomic E-state index is 0.0248. The molecule has 0 radical (unpaired) electrons. The standard InChI is InChI=1S/C21H32F2N2O5/c1-14(2)11-16(24)17(26)21(22,23)13-25(19(28)30-20(3,4)5)18(27)29-12-15-9-7-6-8-10-15/h6-10,14,16-17,26H,11-13,24H2,1-5H3. The van der Waals surface area contributed by atoms with E-state index in [-0.39, 0.29) is 23.8 Å². The zero-order chi connectivity index (χ0) is 23.1. The van der Waals surface area contributed by atoms with Crippen molar-refractivity contribution in [1.82, 2.24) is 4.90 Å². The van der Waals surface area contributed by atoms with Gasteiger partial charge in [-0.15, -0.1) is 0 Å². The Morgan fingerprint density at radius 1 is 1.13 bits per heavy atom. The molecule has 1 aromatic rings. The van der Waals surface area contributed by atoms with E-state index >= 15 is 0 Å². The van der Waals surface area contributed by atoms with Crippen LogP contribution in [0.3, 0.4) is 0 Å². The molecule has 0 bridgehead atoms. The van der Waals surface area contributed by atoms with Crippen LogP contribution in [0.2, 0.25) is 0 Å². The molecule has 2 unspecified atom stereocenters. The lowest BCUT2D eigenvalue weighted by Crippen LogP contribution is -2.55. The smallest absolute Gasteiger partial charge is 0.420 e. The fourth-order valence-corrected chi connectivity index (χ4v) is 2.61. The third-order valence-corrected chi connectivity index (χ3v) is 3.99. The van der Waals surface area contributed by atoms with Gasteiger partial charge >= 0.3 is 12.2 Å². The van der Waals surface area contributed by atoms with E-state index < -0.39 is 42.4 Å². The van der Waals surface area contributed by atoms with E-state index in [1.807, 2.05) is 0 Å². The predicted octanol–water partition coefficient (Wildman–Crippen LogP) is 3.93. The van der Waals surface area contributed by atoms with Crippen LogP contribution in [0.5, 0.6) is 0 Å². The molecule has 1 aromatic carbocycles. The Kier molecular flexibility index (Phi) is 9.17. The summed E-state index contributed by atoms with van der Waals surface area (Å²) in [5.74, 6) is -3.89. The summed E-state index contributed by atoms with van der Waals surface area (Å²) in [4.78, 5) is 25.0. The lowest BCUT2D eigenvalue weighted by molar-refractivity contribution is -0.130. The number of halogens is 2. The summed E-state index contributed by atoms with van der Waals surface area (Å²) < 4.78 is 39.5. The highest BCUT2D eigenvalue weighted by Crippen LogP contribution is 2.26. The molecule has 0 aliphatic heterocycles. The van der Waals surface area contributed by atoms with Gasteiger partial charge in [-0.3, -0.25) is 0 Å². The second-order valence-corrected chi connectivity index (χ2v) is 8.61. The van der Waals surface area contributed by atoms with Crippen LogP contribution in [-0.2, 0) is 16.1 Å². The van der Waals surface area contributed by atoms with Crippen LogP contribution in [0.15, 0.2) is 30.3 Å². The molecule has 0 saturated carbocycles. The Labute approximate surface area is 176 Å². The fraction of sp³-hybridized carbons (Fsp3) is 0.619. The highest BCUT2D eigenvalue weighted by molar-refractivity contribution is 5.88. The van der Waals surface area contributed by atoms with Crippen molar-refractivity contribution in [2.24, 2.45) is 11.7 Å². The predicted molar refractivity (Wildman–Crippen MR) is 108 cm³/mol. The number of rotatable bonds is 8. The molecule has 0 heterocycles. The molecule has 0 aliphatic carbocycles. The summed E-state index contributed by atoms with van der Waals surface area (Å²) in [5, 5.41) is 10.0. The van der Waals surface area contributed by atoms with Gasteiger partial charge in [0.25, 0.3) is 5.92 Å². The number of ether oxygens (including phenoxy) is 2. The van der Waals surface area contributed by atoms with Gasteiger partial charge in [0, 0.05) is 6.04 Å². The summed E-state index contributed by atoms with van der Waals surface area (Å²) in [5.41, 5.74) is 5.27. The molecule has 9 heteroatoms. The van der Waals surface area contributed by atoms with Gasteiger partial charge in [-0.2, -0.15) is 0 Å². The van der Waals surface area contributed by atoms with E-state index in [1.54, 1.807) is 44.2 Å². The third kappa shape index (κ3) is 8.62. The van der Waals surface area contributed by atoms with Crippen molar-refractivity contribution < 1.29 is 33.0 Å². The molecular weight excluding hydrogens is 398 g/mol. The third-order valence-electron chi connectivity index (χ3n) is 3.99. The van der Waals surface area contributed by atoms with Gasteiger partial charge in [-0.1, -0.05) is 44.2 Å². The first-order valence-electron chi connectivity index (χ1n) is 9.75. The fourth-order valence-electron chi connectivity index (χ4n) is 2.61. The summed E-state index contributed by atoms with van der Waals surface area (Å²) in [6.45, 7) is 6.50. The molecular formula is C21H32F2N2O5. The minimum atomic E-state index is -3.86. The van der Waals surface area contributed by atoms with Crippen molar-refractivity contribution in [3.63, 3.8) is 0 Å². The molecule has 1 rings (SSSR count). The normalized spacial score (nSPS) is 14.2. The van der Waals surface area contributed by atoms with Gasteiger partial charge < -0.3 is 20.3 Å². The quantitative estimate of drug-likeness (QED) is 0.648. The maximum Gasteiger partial charge on any atom is 0.420 e. The van der Waals surface area contributed by atoms with Crippen LogP contribution in [0, 0.1) is 5.92 Å². The van der Waals surface area contributed by atoms with Crippen LogP contribution in [0.1, 0.15) is 46.6 Å². The van der Waals surface area contributed by atoms with Crippen molar-refractivity contribution in [1.29, 1.82) is 0 Å². The van der Waals surface area contributed by atoms with Crippen molar-refractivity contribution in [3.8, 4) is 0 Å². The summed E-state index contributed by atoms with van der Waals surface area (Å²) in [7, 11) is 0. The van der Waals surface area contributed by atoms with Crippen molar-refractivity contribution in [3.05, 3.63) is 35.9 Å². The van der Waals surface area contributed by atoms with Gasteiger partial charge in [-0.05, 0) is 38.7 Å². The molecule has 0 fully saturated rings. The van der Waals surface area contributed by atoms with Crippen LogP contribution >= 0.6 is 0 Å². The first-order valence-corrected chi connectivity index (χ1v) is 9.75. The van der Waals surface area contributed by atoms with Gasteiger partial charge in [0.2, 0.25) is 0 Å². The zero-order valence-corrected chi connectivity index (χ0v) is 18.1. The number of benzene rings is 1. The SMILES string of the molecule is CC(C)CC(N)C(O)C(F)(F)CN(C(=O)OCc1ccccc1)C(=O)OC(C)(C)C. The van der Waals surface area contributed by atoms with Crippen molar-refractivity contribution >= 4 is 12.2 Å². The van der Waals surface area contributed by atoms with Crippen LogP contribution in [0.25, 0.3) is 0 Å². The molecule has 3 N–H and O–H groups in total. The number of hydrogen-bond acceptors (Lipinski definition) is 6. The molecule has 0 saturated heterocycles. The van der Waals surface area contributed by atoms with E-state index in [0.717, 1.165) is 0 Å². The Balaban J connectivity index is 2.98. The summed E-state index contributed by atoms with van der Waals surface area (Å²) in [6, 6.07) is 7.31. The van der Waals surface area contributed by atoms with Crippen LogP contribution < -0.4 is 5.73 Å². The number of amides is 2. The first-order chi connectivity index (χ1) is 13.7. The van der Waals surface area contributed by atoms with Crippen LogP contribution in [-0.4, -0.2) is 52.4 Å². The second kappa shape index (κ2) is 10.7. The lowest BCUT2D eigenvalue weighted by Gasteiger charge is -2.32. The molecule has 170 valence electrons. The molecule has 30 heavy (non-hydrogen) atoms. The largest absolute Gasteiger partial charge is 0.444 e. The Morgan fingerprint density at radius 3 is 2.20 bits per heavy atom. The highest BCUT2D eigenvalue weighted by Gasteiger charge is 2.47. The van der Waals surface area contributed by atoms with Gasteiger partial charge in [0.1, 0.15) is 24.9 Å². The topological polar surface area (TPSA) is 102 Å². The monoisotopic (exact) mass is 430 g/mol. The number of alkyl halides is 2. The van der Waals surface area contributed by atoms with E-state index in [2.05, 4.69) is 0 Å². The Morgan fingerprint density at radius 2 is 1.70 bits per heavy atom. The van der Waals surface area contributed by atoms with Crippen LogP contribution in [0.4, 0.5) is 18.4 Å². The number of imide groups is 1. The van der Waals surface area contributed by atoms with Gasteiger partial charge in [0.05, 0.1) is 0 Å². The average Bonchev–Trinajstić information content (AvgIpc) is 2.62. The first kappa shape index (κ1) is 25.8. The average molecular weight is 430 g/mol. The second-order valence-electron chi connectivity index (χ2n) is 8.61. The number of nitrogens with two attached hydrogens (primary N) is 1. The van der Waals surface area contributed by atoms with E-state index in [0.29, 0.717) is 5.56 Å². The molecule has 2 atom stereocenters. The maximum absolute atomic E-state index is 14.7. The molecule has 0 aromatic heterocycles. The maximum atomic E-state index is 14.7. The van der Waals surface area contributed by atoms with E-state index in [4.69, 9.17) is 15.2 Å². The number of aliphatic hydroxyl groups excluding tert-OH is 1. The molecule has 0 spiro atoms. The van der Waals surface area contributed by atoms with Crippen molar-refractivity contribution in [2.75, 3.05) is 6.54 Å². The lowest BCUT2D eigenvalue weighted by atomic mass is 9.96. The zero-order valence-electron chi connectivity index (χ0n) is 18.1. The summed E-state index contributed by atoms with van der Waals surface area (Å²) >= 11 is 0. The van der Waals surface area contributed by atoms with E-state index in [9.17, 15) is 23.5 Å². The highest BCUT2D eigenvalue weighted by atomic mass is 19.3. The number of carbonyl (C=O) groups excluding carboxylic acids is 2. The summed E-state index contributed by atoms with van der Waals surface area (Å²) in [6.07, 6.45) is -4.73.